The van der Waals surface area contributed by atoms with Crippen LogP contribution in [0, 0.1) is 0 Å². The van der Waals surface area contributed by atoms with Crippen LogP contribution in [0.4, 0.5) is 0 Å². The van der Waals surface area contributed by atoms with Crippen LogP contribution in [0.1, 0.15) is 17.4 Å². The van der Waals surface area contributed by atoms with Crippen LogP contribution in [0.25, 0.3) is 21.7 Å². The number of nitrogens with zero attached hydrogens (tertiary/aromatic N) is 1. The molecule has 1 saturated heterocycles. The molecule has 0 aliphatic carbocycles. The number of H-pyrrole nitrogens is 1. The lowest BCUT2D eigenvalue weighted by molar-refractivity contribution is 0.0342. The summed E-state index contributed by atoms with van der Waals surface area (Å²) in [6.45, 7) is 6.30. The van der Waals surface area contributed by atoms with Gasteiger partial charge in [0.1, 0.15) is 5.69 Å². The van der Waals surface area contributed by atoms with Crippen molar-refractivity contribution in [2.45, 2.75) is 13.0 Å². The van der Waals surface area contributed by atoms with Crippen molar-refractivity contribution in [2.75, 3.05) is 32.8 Å². The minimum atomic E-state index is -0.0546. The normalized spacial score (nSPS) is 17.0. The Kier molecular flexibility index (Phi) is 4.42. The molecule has 3 aromatic rings. The van der Waals surface area contributed by atoms with E-state index in [1.54, 1.807) is 0 Å². The summed E-state index contributed by atoms with van der Waals surface area (Å²) in [7, 11) is 0. The predicted octanol–water partition coefficient (Wildman–Crippen LogP) is 2.77. The summed E-state index contributed by atoms with van der Waals surface area (Å²) < 4.78 is 5.37. The number of carbonyl (C=O) groups excluding carboxylic acids is 1. The van der Waals surface area contributed by atoms with Crippen molar-refractivity contribution < 1.29 is 9.53 Å². The molecule has 2 heterocycles. The number of carbonyl (C=O) groups is 1. The highest BCUT2D eigenvalue weighted by molar-refractivity contribution is 6.09. The van der Waals surface area contributed by atoms with Crippen molar-refractivity contribution in [3.63, 3.8) is 0 Å². The van der Waals surface area contributed by atoms with E-state index in [-0.39, 0.29) is 11.9 Å². The van der Waals surface area contributed by atoms with Gasteiger partial charge in [-0.15, -0.1) is 0 Å². The molecule has 1 aliphatic heterocycles. The Morgan fingerprint density at radius 3 is 2.84 bits per heavy atom. The highest BCUT2D eigenvalue weighted by Gasteiger charge is 2.17. The van der Waals surface area contributed by atoms with Crippen molar-refractivity contribution in [3.05, 3.63) is 48.2 Å². The molecule has 4 rings (SSSR count). The number of aromatic amines is 1. The van der Waals surface area contributed by atoms with Crippen molar-refractivity contribution in [1.82, 2.24) is 15.2 Å². The van der Waals surface area contributed by atoms with Gasteiger partial charge in [-0.1, -0.05) is 30.3 Å². The molecule has 2 N–H and O–H groups in total. The minimum absolute atomic E-state index is 0.0546. The van der Waals surface area contributed by atoms with E-state index >= 15 is 0 Å². The Hall–Kier alpha value is -2.37. The minimum Gasteiger partial charge on any atom is -0.379 e. The Bertz CT molecular complexity index is 896. The largest absolute Gasteiger partial charge is 0.379 e. The molecule has 0 radical (unpaired) electrons. The summed E-state index contributed by atoms with van der Waals surface area (Å²) in [5.74, 6) is -0.0546. The van der Waals surface area contributed by atoms with Crippen LogP contribution in [0.3, 0.4) is 0 Å². The fourth-order valence-electron chi connectivity index (χ4n) is 3.53. The summed E-state index contributed by atoms with van der Waals surface area (Å²) in [5.41, 5.74) is 1.60. The van der Waals surface area contributed by atoms with E-state index in [9.17, 15) is 4.79 Å². The summed E-state index contributed by atoms with van der Waals surface area (Å²) in [6.07, 6.45) is 0. The quantitative estimate of drug-likeness (QED) is 0.770. The fraction of sp³-hybridized carbons (Fsp3) is 0.350. The molecule has 1 aliphatic rings. The van der Waals surface area contributed by atoms with E-state index in [1.165, 1.54) is 5.39 Å². The SMILES string of the molecule is C[C@H](CN1CCOCC1)NC(=O)c1cc2c(ccc3ccccc32)[nH]1. The van der Waals surface area contributed by atoms with E-state index in [0.717, 1.165) is 49.1 Å². The molecule has 0 bridgehead atoms. The summed E-state index contributed by atoms with van der Waals surface area (Å²) in [5, 5.41) is 6.53. The molecule has 0 unspecified atom stereocenters. The van der Waals surface area contributed by atoms with Crippen molar-refractivity contribution >= 4 is 27.6 Å². The summed E-state index contributed by atoms with van der Waals surface area (Å²) in [4.78, 5) is 18.2. The van der Waals surface area contributed by atoms with Crippen LogP contribution < -0.4 is 5.32 Å². The molecule has 5 nitrogen and oxygen atoms in total. The van der Waals surface area contributed by atoms with Gasteiger partial charge in [-0.2, -0.15) is 0 Å². The molecule has 130 valence electrons. The third-order valence-corrected chi connectivity index (χ3v) is 4.79. The first kappa shape index (κ1) is 16.1. The first-order valence-electron chi connectivity index (χ1n) is 8.82. The third kappa shape index (κ3) is 3.38. The second-order valence-corrected chi connectivity index (χ2v) is 6.72. The van der Waals surface area contributed by atoms with E-state index in [1.807, 2.05) is 31.2 Å². The zero-order chi connectivity index (χ0) is 17.2. The van der Waals surface area contributed by atoms with Gasteiger partial charge >= 0.3 is 0 Å². The lowest BCUT2D eigenvalue weighted by Gasteiger charge is -2.29. The Labute approximate surface area is 147 Å². The van der Waals surface area contributed by atoms with E-state index < -0.39 is 0 Å². The van der Waals surface area contributed by atoms with Crippen LogP contribution in [0.15, 0.2) is 42.5 Å². The molecule has 1 fully saturated rings. The second kappa shape index (κ2) is 6.86. The number of benzene rings is 2. The van der Waals surface area contributed by atoms with Gasteiger partial charge in [0, 0.05) is 36.6 Å². The Balaban J connectivity index is 1.50. The Morgan fingerprint density at radius 1 is 1.20 bits per heavy atom. The number of aromatic nitrogens is 1. The first-order valence-corrected chi connectivity index (χ1v) is 8.82. The van der Waals surface area contributed by atoms with Gasteiger partial charge in [0.2, 0.25) is 0 Å². The standard InChI is InChI=1S/C20H23N3O2/c1-14(13-23-8-10-25-11-9-23)21-20(24)19-12-17-16-5-3-2-4-15(16)6-7-18(17)22-19/h2-7,12,14,22H,8-11,13H2,1H3,(H,21,24)/t14-/m1/s1. The van der Waals surface area contributed by atoms with Gasteiger partial charge in [0.05, 0.1) is 13.2 Å². The van der Waals surface area contributed by atoms with Gasteiger partial charge in [0.25, 0.3) is 5.91 Å². The lowest BCUT2D eigenvalue weighted by atomic mass is 10.1. The smallest absolute Gasteiger partial charge is 0.267 e. The average Bonchev–Trinajstić information content (AvgIpc) is 3.07. The molecule has 0 saturated carbocycles. The van der Waals surface area contributed by atoms with Crippen molar-refractivity contribution in [1.29, 1.82) is 0 Å². The van der Waals surface area contributed by atoms with E-state index in [2.05, 4.69) is 33.4 Å². The van der Waals surface area contributed by atoms with E-state index in [4.69, 9.17) is 4.74 Å². The first-order chi connectivity index (χ1) is 12.2. The zero-order valence-electron chi connectivity index (χ0n) is 14.4. The summed E-state index contributed by atoms with van der Waals surface area (Å²) >= 11 is 0. The van der Waals surface area contributed by atoms with Crippen LogP contribution in [0.5, 0.6) is 0 Å². The molecular formula is C20H23N3O2. The zero-order valence-corrected chi connectivity index (χ0v) is 14.4. The van der Waals surface area contributed by atoms with Gasteiger partial charge in [-0.3, -0.25) is 9.69 Å². The molecular weight excluding hydrogens is 314 g/mol. The van der Waals surface area contributed by atoms with Crippen LogP contribution in [-0.4, -0.2) is 54.7 Å². The summed E-state index contributed by atoms with van der Waals surface area (Å²) in [6, 6.07) is 14.4. The maximum absolute atomic E-state index is 12.6. The van der Waals surface area contributed by atoms with Crippen molar-refractivity contribution in [3.8, 4) is 0 Å². The van der Waals surface area contributed by atoms with Crippen molar-refractivity contribution in [2.24, 2.45) is 0 Å². The van der Waals surface area contributed by atoms with Gasteiger partial charge in [0.15, 0.2) is 0 Å². The topological polar surface area (TPSA) is 57.4 Å². The number of ether oxygens (including phenoxy) is 1. The van der Waals surface area contributed by atoms with Gasteiger partial charge in [-0.05, 0) is 29.8 Å². The third-order valence-electron chi connectivity index (χ3n) is 4.79. The lowest BCUT2D eigenvalue weighted by Crippen LogP contribution is -2.46. The number of amides is 1. The molecule has 1 aromatic heterocycles. The van der Waals surface area contributed by atoms with E-state index in [0.29, 0.717) is 5.69 Å². The maximum Gasteiger partial charge on any atom is 0.267 e. The van der Waals surface area contributed by atoms with Gasteiger partial charge < -0.3 is 15.0 Å². The fourth-order valence-corrected chi connectivity index (χ4v) is 3.53. The average molecular weight is 337 g/mol. The highest BCUT2D eigenvalue weighted by Crippen LogP contribution is 2.25. The molecule has 1 atom stereocenters. The molecule has 1 amide bonds. The number of fused-ring (bicyclic) bond motifs is 3. The maximum atomic E-state index is 12.6. The molecule has 25 heavy (non-hydrogen) atoms. The monoisotopic (exact) mass is 337 g/mol. The van der Waals surface area contributed by atoms with Crippen LogP contribution in [-0.2, 0) is 4.74 Å². The van der Waals surface area contributed by atoms with Crippen LogP contribution >= 0.6 is 0 Å². The number of hydrogen-bond acceptors (Lipinski definition) is 3. The Morgan fingerprint density at radius 2 is 2.00 bits per heavy atom. The molecule has 0 spiro atoms. The number of morpholine rings is 1. The van der Waals surface area contributed by atoms with Gasteiger partial charge in [-0.25, -0.2) is 0 Å². The predicted molar refractivity (Wildman–Crippen MR) is 100.0 cm³/mol. The number of rotatable bonds is 4. The second-order valence-electron chi connectivity index (χ2n) is 6.72. The number of nitrogens with one attached hydrogen (secondary N) is 2. The molecule has 2 aromatic carbocycles. The number of hydrogen-bond donors (Lipinski definition) is 2. The van der Waals surface area contributed by atoms with Crippen LogP contribution in [0.2, 0.25) is 0 Å². The highest BCUT2D eigenvalue weighted by atomic mass is 16.5. The molecule has 5 heteroatoms.